The lowest BCUT2D eigenvalue weighted by Gasteiger charge is -2.06. The van der Waals surface area contributed by atoms with E-state index in [0.717, 1.165) is 11.9 Å². The fourth-order valence-corrected chi connectivity index (χ4v) is 1.59. The number of para-hydroxylation sites is 1. The second-order valence-corrected chi connectivity index (χ2v) is 3.91. The van der Waals surface area contributed by atoms with Gasteiger partial charge in [0.15, 0.2) is 0 Å². The van der Waals surface area contributed by atoms with E-state index in [1.807, 2.05) is 30.3 Å². The highest BCUT2D eigenvalue weighted by atomic mass is 16.5. The molecule has 2 aromatic rings. The van der Waals surface area contributed by atoms with E-state index in [-0.39, 0.29) is 11.3 Å². The molecule has 0 unspecified atom stereocenters. The van der Waals surface area contributed by atoms with Gasteiger partial charge in [-0.3, -0.25) is 4.98 Å². The van der Waals surface area contributed by atoms with Crippen molar-refractivity contribution in [2.75, 3.05) is 6.61 Å². The summed E-state index contributed by atoms with van der Waals surface area (Å²) in [4.78, 5) is 14.8. The number of hydrogen-bond donors (Lipinski definition) is 2. The van der Waals surface area contributed by atoms with Crippen LogP contribution in [0.5, 0.6) is 11.5 Å². The summed E-state index contributed by atoms with van der Waals surface area (Å²) in [6.45, 7) is 0.390. The van der Waals surface area contributed by atoms with E-state index in [2.05, 4.69) is 4.98 Å². The van der Waals surface area contributed by atoms with Crippen molar-refractivity contribution in [3.8, 4) is 11.5 Å². The van der Waals surface area contributed by atoms with Gasteiger partial charge in [-0.1, -0.05) is 18.2 Å². The van der Waals surface area contributed by atoms with Crippen molar-refractivity contribution in [2.45, 2.75) is 6.42 Å². The molecule has 1 aromatic carbocycles. The molecule has 0 aliphatic carbocycles. The summed E-state index contributed by atoms with van der Waals surface area (Å²) in [5.74, 6) is -0.759. The summed E-state index contributed by atoms with van der Waals surface area (Å²) < 4.78 is 5.49. The van der Waals surface area contributed by atoms with Crippen LogP contribution in [0.1, 0.15) is 16.1 Å². The van der Waals surface area contributed by atoms with Crippen LogP contribution in [0, 0.1) is 0 Å². The number of ether oxygens (including phenoxy) is 1. The number of benzene rings is 1. The normalized spacial score (nSPS) is 10.1. The van der Waals surface area contributed by atoms with Gasteiger partial charge in [0.2, 0.25) is 0 Å². The second-order valence-electron chi connectivity index (χ2n) is 3.91. The second kappa shape index (κ2) is 5.86. The van der Waals surface area contributed by atoms with Gasteiger partial charge in [-0.25, -0.2) is 4.79 Å². The van der Waals surface area contributed by atoms with Crippen molar-refractivity contribution < 1.29 is 19.7 Å². The third kappa shape index (κ3) is 3.45. The van der Waals surface area contributed by atoms with Gasteiger partial charge in [0.25, 0.3) is 0 Å². The Balaban J connectivity index is 1.97. The van der Waals surface area contributed by atoms with Crippen LogP contribution in [0.25, 0.3) is 0 Å². The minimum atomic E-state index is -1.18. The number of aromatic nitrogens is 1. The lowest BCUT2D eigenvalue weighted by Crippen LogP contribution is -2.05. The van der Waals surface area contributed by atoms with E-state index in [0.29, 0.717) is 18.7 Å². The quantitative estimate of drug-likeness (QED) is 0.859. The number of carboxylic acid groups (broad SMARTS) is 1. The predicted octanol–water partition coefficient (Wildman–Crippen LogP) is 2.11. The van der Waals surface area contributed by atoms with E-state index in [1.54, 1.807) is 0 Å². The van der Waals surface area contributed by atoms with Crippen molar-refractivity contribution in [1.29, 1.82) is 0 Å². The first-order chi connectivity index (χ1) is 9.16. The molecule has 0 radical (unpaired) electrons. The van der Waals surface area contributed by atoms with Gasteiger partial charge in [0.1, 0.15) is 17.1 Å². The molecule has 19 heavy (non-hydrogen) atoms. The van der Waals surface area contributed by atoms with E-state index in [1.165, 1.54) is 6.07 Å². The zero-order chi connectivity index (χ0) is 13.7. The molecule has 0 saturated carbocycles. The molecule has 0 amide bonds. The molecule has 0 atom stereocenters. The molecule has 5 heteroatoms. The van der Waals surface area contributed by atoms with Crippen molar-refractivity contribution >= 4 is 5.97 Å². The molecule has 2 rings (SSSR count). The Morgan fingerprint density at radius 3 is 2.68 bits per heavy atom. The van der Waals surface area contributed by atoms with Crippen molar-refractivity contribution in [2.24, 2.45) is 0 Å². The Morgan fingerprint density at radius 1 is 1.26 bits per heavy atom. The van der Waals surface area contributed by atoms with Gasteiger partial charge in [0.05, 0.1) is 12.8 Å². The molecular weight excluding hydrogens is 246 g/mol. The first-order valence-electron chi connectivity index (χ1n) is 5.76. The smallest absolute Gasteiger partial charge is 0.339 e. The van der Waals surface area contributed by atoms with Gasteiger partial charge in [0, 0.05) is 12.1 Å². The SMILES string of the molecule is O=C(O)c1cc(CCOc2ccccc2)ncc1O. The standard InChI is InChI=1S/C14H13NO4/c16-13-9-15-10(8-12(13)14(17)18)6-7-19-11-4-2-1-3-5-11/h1-5,8-9,16H,6-7H2,(H,17,18). The molecule has 0 bridgehead atoms. The number of aromatic carboxylic acids is 1. The maximum Gasteiger partial charge on any atom is 0.339 e. The number of rotatable bonds is 5. The van der Waals surface area contributed by atoms with Crippen LogP contribution in [0.4, 0.5) is 0 Å². The number of carboxylic acids is 1. The molecule has 0 aliphatic rings. The highest BCUT2D eigenvalue weighted by Gasteiger charge is 2.11. The maximum absolute atomic E-state index is 10.9. The number of hydrogen-bond acceptors (Lipinski definition) is 4. The van der Waals surface area contributed by atoms with Gasteiger partial charge in [-0.15, -0.1) is 0 Å². The molecule has 98 valence electrons. The molecular formula is C14H13NO4. The monoisotopic (exact) mass is 259 g/mol. The lowest BCUT2D eigenvalue weighted by atomic mass is 10.2. The van der Waals surface area contributed by atoms with Crippen LogP contribution in [0.3, 0.4) is 0 Å². The van der Waals surface area contributed by atoms with Crippen LogP contribution in [-0.2, 0) is 6.42 Å². The Labute approximate surface area is 110 Å². The van der Waals surface area contributed by atoms with Gasteiger partial charge < -0.3 is 14.9 Å². The summed E-state index contributed by atoms with van der Waals surface area (Å²) in [6, 6.07) is 10.7. The third-order valence-electron chi connectivity index (χ3n) is 2.54. The fraction of sp³-hybridized carbons (Fsp3) is 0.143. The molecule has 1 aromatic heterocycles. The van der Waals surface area contributed by atoms with Crippen molar-refractivity contribution in [3.05, 3.63) is 53.9 Å². The predicted molar refractivity (Wildman–Crippen MR) is 68.5 cm³/mol. The van der Waals surface area contributed by atoms with E-state index in [4.69, 9.17) is 9.84 Å². The van der Waals surface area contributed by atoms with Crippen LogP contribution in [-0.4, -0.2) is 27.8 Å². The Morgan fingerprint density at radius 2 is 2.00 bits per heavy atom. The topological polar surface area (TPSA) is 79.7 Å². The number of nitrogens with zero attached hydrogens (tertiary/aromatic N) is 1. The summed E-state index contributed by atoms with van der Waals surface area (Å²) in [5.41, 5.74) is 0.413. The number of carbonyl (C=O) groups is 1. The van der Waals surface area contributed by atoms with Crippen molar-refractivity contribution in [3.63, 3.8) is 0 Å². The van der Waals surface area contributed by atoms with E-state index >= 15 is 0 Å². The minimum absolute atomic E-state index is 0.148. The van der Waals surface area contributed by atoms with Crippen LogP contribution in [0.2, 0.25) is 0 Å². The molecule has 0 saturated heterocycles. The van der Waals surface area contributed by atoms with E-state index in [9.17, 15) is 9.90 Å². The molecule has 2 N–H and O–H groups in total. The van der Waals surface area contributed by atoms with E-state index < -0.39 is 5.97 Å². The summed E-state index contributed by atoms with van der Waals surface area (Å²) in [5, 5.41) is 18.2. The Kier molecular flexibility index (Phi) is 3.97. The van der Waals surface area contributed by atoms with Crippen LogP contribution < -0.4 is 4.74 Å². The van der Waals surface area contributed by atoms with Gasteiger partial charge >= 0.3 is 5.97 Å². The van der Waals surface area contributed by atoms with Gasteiger partial charge in [-0.2, -0.15) is 0 Å². The Hall–Kier alpha value is -2.56. The van der Waals surface area contributed by atoms with Gasteiger partial charge in [-0.05, 0) is 18.2 Å². The largest absolute Gasteiger partial charge is 0.505 e. The summed E-state index contributed by atoms with van der Waals surface area (Å²) in [6.07, 6.45) is 1.61. The first kappa shape index (κ1) is 12.9. The van der Waals surface area contributed by atoms with Crippen molar-refractivity contribution in [1.82, 2.24) is 4.98 Å². The average molecular weight is 259 g/mol. The molecule has 0 spiro atoms. The number of pyridine rings is 1. The minimum Gasteiger partial charge on any atom is -0.505 e. The molecule has 0 fully saturated rings. The number of aromatic hydroxyl groups is 1. The highest BCUT2D eigenvalue weighted by molar-refractivity contribution is 5.90. The zero-order valence-corrected chi connectivity index (χ0v) is 10.1. The molecule has 5 nitrogen and oxygen atoms in total. The highest BCUT2D eigenvalue weighted by Crippen LogP contribution is 2.16. The maximum atomic E-state index is 10.9. The lowest BCUT2D eigenvalue weighted by molar-refractivity contribution is 0.0693. The average Bonchev–Trinajstić information content (AvgIpc) is 2.41. The Bertz CT molecular complexity index is 569. The first-order valence-corrected chi connectivity index (χ1v) is 5.76. The third-order valence-corrected chi connectivity index (χ3v) is 2.54. The van der Waals surface area contributed by atoms with Crippen LogP contribution >= 0.6 is 0 Å². The molecule has 0 aliphatic heterocycles. The fourth-order valence-electron chi connectivity index (χ4n) is 1.59. The summed E-state index contributed by atoms with van der Waals surface area (Å²) >= 11 is 0. The zero-order valence-electron chi connectivity index (χ0n) is 10.1. The molecule has 1 heterocycles. The van der Waals surface area contributed by atoms with Crippen LogP contribution in [0.15, 0.2) is 42.6 Å². The summed E-state index contributed by atoms with van der Waals surface area (Å²) in [7, 11) is 0.